The van der Waals surface area contributed by atoms with E-state index in [1.165, 1.54) is 13.3 Å². The minimum absolute atomic E-state index is 0.00379. The smallest absolute Gasteiger partial charge is 0.416 e. The Kier molecular flexibility index (Phi) is 5.46. The molecule has 1 atom stereocenters. The summed E-state index contributed by atoms with van der Waals surface area (Å²) < 4.78 is 47.5. The molecule has 1 unspecified atom stereocenters. The van der Waals surface area contributed by atoms with E-state index in [9.17, 15) is 18.0 Å². The first-order valence-corrected chi connectivity index (χ1v) is 10.6. The van der Waals surface area contributed by atoms with Gasteiger partial charge in [0, 0.05) is 24.9 Å². The van der Waals surface area contributed by atoms with E-state index in [0.717, 1.165) is 41.7 Å². The lowest BCUT2D eigenvalue weighted by Crippen LogP contribution is -2.14. The van der Waals surface area contributed by atoms with Gasteiger partial charge in [0.05, 0.1) is 12.7 Å². The van der Waals surface area contributed by atoms with Gasteiger partial charge in [0.15, 0.2) is 11.6 Å². The Morgan fingerprint density at radius 1 is 1.23 bits per heavy atom. The zero-order valence-electron chi connectivity index (χ0n) is 18.6. The lowest BCUT2D eigenvalue weighted by atomic mass is 10.2. The number of aryl methyl sites for hydroxylation is 1. The number of aromatic nitrogens is 7. The Labute approximate surface area is 196 Å². The minimum atomic E-state index is -4.55. The fourth-order valence-corrected chi connectivity index (χ4v) is 3.91. The third kappa shape index (κ3) is 4.20. The number of hydrogen-bond donors (Lipinski definition) is 1. The molecule has 1 N–H and O–H groups in total. The molecule has 5 heterocycles. The van der Waals surface area contributed by atoms with Crippen LogP contribution < -0.4 is 10.1 Å². The Balaban J connectivity index is 1.42. The highest BCUT2D eigenvalue weighted by Crippen LogP contribution is 2.31. The molecule has 0 saturated carbocycles. The van der Waals surface area contributed by atoms with Crippen molar-refractivity contribution in [1.82, 2.24) is 34.5 Å². The number of nitrogens with zero attached hydrogens (tertiary/aromatic N) is 7. The lowest BCUT2D eigenvalue weighted by molar-refractivity contribution is -0.137. The molecule has 1 aliphatic rings. The number of amides is 1. The van der Waals surface area contributed by atoms with E-state index in [0.29, 0.717) is 11.5 Å². The fraction of sp³-hybridized carbons (Fsp3) is 0.273. The molecule has 5 rings (SSSR count). The Morgan fingerprint density at radius 3 is 2.83 bits per heavy atom. The average Bonchev–Trinajstić information content (AvgIpc) is 3.55. The summed E-state index contributed by atoms with van der Waals surface area (Å²) in [6.45, 7) is 2.08. The van der Waals surface area contributed by atoms with Crippen molar-refractivity contribution in [2.24, 2.45) is 0 Å². The van der Waals surface area contributed by atoms with Crippen LogP contribution in [0.25, 0.3) is 17.3 Å². The molecule has 13 heteroatoms. The zero-order valence-corrected chi connectivity index (χ0v) is 18.6. The minimum Gasteiger partial charge on any atom is -0.479 e. The Morgan fingerprint density at radius 2 is 2.06 bits per heavy atom. The summed E-state index contributed by atoms with van der Waals surface area (Å²) >= 11 is 0. The summed E-state index contributed by atoms with van der Waals surface area (Å²) in [5.74, 6) is 0.951. The van der Waals surface area contributed by atoms with Crippen molar-refractivity contribution in [3.8, 4) is 23.2 Å². The van der Waals surface area contributed by atoms with Gasteiger partial charge in [0.25, 0.3) is 5.91 Å². The van der Waals surface area contributed by atoms with E-state index in [1.807, 2.05) is 4.57 Å². The summed E-state index contributed by atoms with van der Waals surface area (Å²) in [6, 6.07) is 7.04. The lowest BCUT2D eigenvalue weighted by Gasteiger charge is -2.10. The van der Waals surface area contributed by atoms with Crippen molar-refractivity contribution >= 4 is 11.7 Å². The summed E-state index contributed by atoms with van der Waals surface area (Å²) in [5, 5.41) is 15.2. The summed E-state index contributed by atoms with van der Waals surface area (Å²) in [7, 11) is 1.30. The number of pyridine rings is 2. The number of hydrogen-bond acceptors (Lipinski definition) is 7. The predicted octanol–water partition coefficient (Wildman–Crippen LogP) is 3.71. The van der Waals surface area contributed by atoms with E-state index in [2.05, 4.69) is 37.5 Å². The van der Waals surface area contributed by atoms with Gasteiger partial charge >= 0.3 is 6.18 Å². The van der Waals surface area contributed by atoms with Crippen LogP contribution in [0.5, 0.6) is 5.88 Å². The second kappa shape index (κ2) is 8.49. The highest BCUT2D eigenvalue weighted by atomic mass is 19.4. The molecule has 0 spiro atoms. The molecule has 0 saturated heterocycles. The molecule has 1 aliphatic heterocycles. The first kappa shape index (κ1) is 22.5. The summed E-state index contributed by atoms with van der Waals surface area (Å²) in [5.41, 5.74) is -0.347. The Bertz CT molecular complexity index is 1410. The molecule has 10 nitrogen and oxygen atoms in total. The maximum atomic E-state index is 13.1. The van der Waals surface area contributed by atoms with E-state index in [1.54, 1.807) is 18.2 Å². The number of ether oxygens (including phenoxy) is 1. The monoisotopic (exact) mass is 484 g/mol. The molecule has 0 fully saturated rings. The number of fused-ring (bicyclic) bond motifs is 1. The molecule has 0 aliphatic carbocycles. The second-order valence-electron chi connectivity index (χ2n) is 7.96. The van der Waals surface area contributed by atoms with Crippen LogP contribution in [0, 0.1) is 0 Å². The highest BCUT2D eigenvalue weighted by Gasteiger charge is 2.31. The van der Waals surface area contributed by atoms with E-state index in [-0.39, 0.29) is 29.1 Å². The van der Waals surface area contributed by atoms with Gasteiger partial charge in [-0.2, -0.15) is 13.2 Å². The maximum absolute atomic E-state index is 13.1. The number of anilines is 1. The number of methoxy groups -OCH3 is 1. The molecule has 0 radical (unpaired) electrons. The molecule has 0 aromatic carbocycles. The number of rotatable bonds is 5. The van der Waals surface area contributed by atoms with Crippen molar-refractivity contribution in [1.29, 1.82) is 0 Å². The third-order valence-electron chi connectivity index (χ3n) is 5.64. The largest absolute Gasteiger partial charge is 0.479 e. The number of carbonyl (C=O) groups is 1. The van der Waals surface area contributed by atoms with Crippen LogP contribution in [0.3, 0.4) is 0 Å². The van der Waals surface area contributed by atoms with E-state index in [4.69, 9.17) is 4.74 Å². The van der Waals surface area contributed by atoms with Crippen LogP contribution in [0.4, 0.5) is 19.0 Å². The molecule has 180 valence electrons. The van der Waals surface area contributed by atoms with Crippen LogP contribution in [0.1, 0.15) is 41.1 Å². The molecular formula is C22H19F3N8O2. The quantitative estimate of drug-likeness (QED) is 0.460. The fourth-order valence-electron chi connectivity index (χ4n) is 3.91. The highest BCUT2D eigenvalue weighted by molar-refractivity contribution is 6.05. The normalized spacial score (nSPS) is 15.2. The van der Waals surface area contributed by atoms with Crippen molar-refractivity contribution < 1.29 is 22.7 Å². The Hall–Kier alpha value is -4.29. The summed E-state index contributed by atoms with van der Waals surface area (Å²) in [6.07, 6.45) is -0.473. The maximum Gasteiger partial charge on any atom is 0.416 e. The summed E-state index contributed by atoms with van der Waals surface area (Å²) in [4.78, 5) is 21.4. The molecule has 1 amide bonds. The predicted molar refractivity (Wildman–Crippen MR) is 117 cm³/mol. The van der Waals surface area contributed by atoms with Crippen LogP contribution in [0.2, 0.25) is 0 Å². The van der Waals surface area contributed by atoms with Gasteiger partial charge in [-0.25, -0.2) is 14.6 Å². The van der Waals surface area contributed by atoms with Gasteiger partial charge < -0.3 is 14.6 Å². The van der Waals surface area contributed by atoms with E-state index >= 15 is 0 Å². The van der Waals surface area contributed by atoms with E-state index < -0.39 is 17.6 Å². The third-order valence-corrected chi connectivity index (χ3v) is 5.64. The first-order valence-electron chi connectivity index (χ1n) is 10.6. The molecule has 4 aromatic rings. The van der Waals surface area contributed by atoms with Crippen LogP contribution in [-0.2, 0) is 12.6 Å². The van der Waals surface area contributed by atoms with Gasteiger partial charge in [0.1, 0.15) is 22.9 Å². The topological polar surface area (TPSA) is 113 Å². The van der Waals surface area contributed by atoms with Gasteiger partial charge in [-0.15, -0.1) is 15.3 Å². The number of alkyl halides is 3. The zero-order chi connectivity index (χ0) is 24.7. The van der Waals surface area contributed by atoms with Gasteiger partial charge in [-0.05, 0) is 37.6 Å². The molecule has 35 heavy (non-hydrogen) atoms. The first-order chi connectivity index (χ1) is 16.7. The van der Waals surface area contributed by atoms with Crippen molar-refractivity contribution in [3.05, 3.63) is 59.7 Å². The van der Waals surface area contributed by atoms with Gasteiger partial charge in [0.2, 0.25) is 5.88 Å². The standard InChI is InChI=1S/C22H19F3N8O2/c1-12-6-7-17-29-30-19(33(12)17)15-4-3-5-16(27-15)28-20(34)14-11-32(31-21(14)35-2)18-10-13(8-9-26-18)22(23,24)25/h3-5,8-12H,6-7H2,1-2H3,(H,27,28,34). The number of carbonyl (C=O) groups excluding carboxylic acids is 1. The average molecular weight is 484 g/mol. The SMILES string of the molecule is COc1nn(-c2cc(C(F)(F)F)ccn2)cc1C(=O)Nc1cccc(-c2nnc3n2C(C)CC3)n1. The van der Waals surface area contributed by atoms with Crippen LogP contribution in [-0.4, -0.2) is 47.5 Å². The van der Waals surface area contributed by atoms with Crippen molar-refractivity contribution in [2.75, 3.05) is 12.4 Å². The second-order valence-corrected chi connectivity index (χ2v) is 7.96. The van der Waals surface area contributed by atoms with Crippen molar-refractivity contribution in [2.45, 2.75) is 32.0 Å². The molecule has 4 aromatic heterocycles. The number of halogens is 3. The van der Waals surface area contributed by atoms with Crippen LogP contribution in [0.15, 0.2) is 42.7 Å². The van der Waals surface area contributed by atoms with Gasteiger partial charge in [-0.3, -0.25) is 4.79 Å². The molecule has 0 bridgehead atoms. The van der Waals surface area contributed by atoms with Crippen molar-refractivity contribution in [3.63, 3.8) is 0 Å². The van der Waals surface area contributed by atoms with Crippen LogP contribution >= 0.6 is 0 Å². The number of nitrogens with one attached hydrogen (secondary N) is 1. The molecular weight excluding hydrogens is 465 g/mol. The van der Waals surface area contributed by atoms with Gasteiger partial charge in [-0.1, -0.05) is 6.07 Å².